The molecule has 0 aromatic heterocycles. The predicted octanol–water partition coefficient (Wildman–Crippen LogP) is 2.91. The van der Waals surface area contributed by atoms with Crippen LogP contribution < -0.4 is 0 Å². The molecular weight excluding hydrogens is 152 g/mol. The van der Waals surface area contributed by atoms with Crippen LogP contribution in [0.25, 0.3) is 0 Å². The molecule has 0 saturated heterocycles. The highest BCUT2D eigenvalue weighted by Crippen LogP contribution is 2.05. The number of rotatable bonds is 7. The van der Waals surface area contributed by atoms with Crippen molar-refractivity contribution < 1.29 is 16.4 Å². The fourth-order valence-corrected chi connectivity index (χ4v) is 0.655. The highest BCUT2D eigenvalue weighted by molar-refractivity contribution is 5.69. The molecule has 0 heterocycles. The summed E-state index contributed by atoms with van der Waals surface area (Å²) in [4.78, 5) is 11.4. The lowest BCUT2D eigenvalue weighted by molar-refractivity contribution is -0.143. The van der Waals surface area contributed by atoms with Gasteiger partial charge in [0, 0.05) is 13.2 Å². The lowest BCUT2D eigenvalue weighted by atomic mass is 10.1. The van der Waals surface area contributed by atoms with Gasteiger partial charge in [-0.15, -0.1) is 0 Å². The number of esters is 1. The molecule has 1 unspecified atom stereocenters. The lowest BCUT2D eigenvalue weighted by Crippen LogP contribution is -2.02. The van der Waals surface area contributed by atoms with E-state index in [1.54, 1.807) is 0 Å². The van der Waals surface area contributed by atoms with Crippen LogP contribution in [-0.4, -0.2) is 12.6 Å². The van der Waals surface area contributed by atoms with Gasteiger partial charge in [-0.05, 0) is 13.3 Å². The van der Waals surface area contributed by atoms with Gasteiger partial charge >= 0.3 is 5.97 Å². The van der Waals surface area contributed by atoms with E-state index in [0.717, 1.165) is 6.42 Å². The topological polar surface area (TPSA) is 26.3 Å². The molecule has 2 heteroatoms. The molecule has 0 rings (SSSR count). The van der Waals surface area contributed by atoms with Gasteiger partial charge in [0.15, 0.2) is 0 Å². The number of ether oxygens (including phenoxy) is 1. The summed E-state index contributed by atoms with van der Waals surface area (Å²) < 4.78 is 42.4. The molecule has 0 aromatic rings. The molecule has 0 aliphatic rings. The molecular formula is C10H20O2. The summed E-state index contributed by atoms with van der Waals surface area (Å²) in [6, 6.07) is 0. The Morgan fingerprint density at radius 3 is 2.75 bits per heavy atom. The van der Waals surface area contributed by atoms with E-state index in [2.05, 4.69) is 4.74 Å². The van der Waals surface area contributed by atoms with Crippen LogP contribution in [0.5, 0.6) is 0 Å². The zero-order valence-corrected chi connectivity index (χ0v) is 7.72. The van der Waals surface area contributed by atoms with E-state index in [1.165, 1.54) is 6.92 Å². The second kappa shape index (κ2) is 8.57. The fraction of sp³-hybridized carbons (Fsp3) is 0.900. The standard InChI is InChI=1S/C10H20O2/c1-3-5-6-7-8-9-10(11)12-4-2/h3-9H2,1-2H3/i7D,8D2,9D2. The first-order chi connectivity index (χ1) is 7.71. The number of carbonyl (C=O) groups is 1. The van der Waals surface area contributed by atoms with E-state index in [4.69, 9.17) is 6.85 Å². The summed E-state index contributed by atoms with van der Waals surface area (Å²) in [5, 5.41) is 0. The van der Waals surface area contributed by atoms with Crippen molar-refractivity contribution in [3.05, 3.63) is 0 Å². The third kappa shape index (κ3) is 7.58. The van der Waals surface area contributed by atoms with Gasteiger partial charge in [-0.1, -0.05) is 32.6 Å². The first-order valence-electron chi connectivity index (χ1n) is 6.89. The Hall–Kier alpha value is -0.530. The average molecular weight is 177 g/mol. The minimum atomic E-state index is -2.79. The third-order valence-corrected chi connectivity index (χ3v) is 1.25. The van der Waals surface area contributed by atoms with Gasteiger partial charge in [0.1, 0.15) is 0 Å². The van der Waals surface area contributed by atoms with Crippen LogP contribution >= 0.6 is 0 Å². The number of carbonyl (C=O) groups excluding carboxylic acids is 1. The van der Waals surface area contributed by atoms with Crippen molar-refractivity contribution in [2.45, 2.75) is 52.3 Å². The van der Waals surface area contributed by atoms with Gasteiger partial charge in [0.2, 0.25) is 0 Å². The summed E-state index contributed by atoms with van der Waals surface area (Å²) in [6.07, 6.45) is -4.96. The molecule has 12 heavy (non-hydrogen) atoms. The van der Waals surface area contributed by atoms with Crippen LogP contribution in [0, 0.1) is 0 Å². The number of hydrogen-bond acceptors (Lipinski definition) is 2. The molecule has 0 aliphatic carbocycles. The highest BCUT2D eigenvalue weighted by atomic mass is 16.5. The Morgan fingerprint density at radius 1 is 1.42 bits per heavy atom. The van der Waals surface area contributed by atoms with Crippen molar-refractivity contribution in [3.8, 4) is 0 Å². The molecule has 72 valence electrons. The Labute approximate surface area is 82.3 Å². The minimum absolute atomic E-state index is 0.00789. The van der Waals surface area contributed by atoms with Gasteiger partial charge in [-0.3, -0.25) is 4.79 Å². The zero-order chi connectivity index (χ0) is 13.7. The Kier molecular flexibility index (Phi) is 3.75. The van der Waals surface area contributed by atoms with E-state index in [-0.39, 0.29) is 13.0 Å². The first kappa shape index (κ1) is 5.25. The molecule has 1 atom stereocenters. The molecule has 0 amide bonds. The van der Waals surface area contributed by atoms with Crippen LogP contribution in [-0.2, 0) is 9.53 Å². The molecule has 0 saturated carbocycles. The van der Waals surface area contributed by atoms with Gasteiger partial charge < -0.3 is 4.74 Å². The molecule has 2 nitrogen and oxygen atoms in total. The van der Waals surface area contributed by atoms with E-state index in [9.17, 15) is 4.79 Å². The van der Waals surface area contributed by atoms with Crippen molar-refractivity contribution in [3.63, 3.8) is 0 Å². The van der Waals surface area contributed by atoms with Gasteiger partial charge in [0.25, 0.3) is 0 Å². The minimum Gasteiger partial charge on any atom is -0.466 e. The molecule has 0 bridgehead atoms. The first-order valence-corrected chi connectivity index (χ1v) is 4.31. The van der Waals surface area contributed by atoms with Gasteiger partial charge in [-0.25, -0.2) is 0 Å². The lowest BCUT2D eigenvalue weighted by Gasteiger charge is -2.00. The summed E-state index contributed by atoms with van der Waals surface area (Å²) in [5.41, 5.74) is 0. The maximum absolute atomic E-state index is 11.4. The zero-order valence-electron chi connectivity index (χ0n) is 12.7. The molecule has 0 radical (unpaired) electrons. The SMILES string of the molecule is [2H]C(CCCC)C([2H])([2H])C([2H])([2H])C(=O)OCC. The van der Waals surface area contributed by atoms with E-state index >= 15 is 0 Å². The smallest absolute Gasteiger partial charge is 0.305 e. The quantitative estimate of drug-likeness (QED) is 0.559. The average Bonchev–Trinajstić information content (AvgIpc) is 2.25. The Bertz CT molecular complexity index is 255. The summed E-state index contributed by atoms with van der Waals surface area (Å²) in [6.45, 7) is 3.42. The van der Waals surface area contributed by atoms with Crippen LogP contribution in [0.1, 0.15) is 59.1 Å². The fourth-order valence-electron chi connectivity index (χ4n) is 0.655. The van der Waals surface area contributed by atoms with Crippen molar-refractivity contribution >= 4 is 5.97 Å². The van der Waals surface area contributed by atoms with Crippen molar-refractivity contribution in [1.82, 2.24) is 0 Å². The third-order valence-electron chi connectivity index (χ3n) is 1.25. The monoisotopic (exact) mass is 177 g/mol. The van der Waals surface area contributed by atoms with Crippen LogP contribution in [0.2, 0.25) is 0 Å². The molecule has 0 spiro atoms. The molecule has 0 aliphatic heterocycles. The van der Waals surface area contributed by atoms with Crippen molar-refractivity contribution in [1.29, 1.82) is 0 Å². The van der Waals surface area contributed by atoms with Crippen LogP contribution in [0.4, 0.5) is 0 Å². The summed E-state index contributed by atoms with van der Waals surface area (Å²) in [5.74, 6) is -1.24. The highest BCUT2D eigenvalue weighted by Gasteiger charge is 1.99. The van der Waals surface area contributed by atoms with Crippen LogP contribution in [0.3, 0.4) is 0 Å². The Morgan fingerprint density at radius 2 is 2.17 bits per heavy atom. The second-order valence-electron chi connectivity index (χ2n) is 2.34. The summed E-state index contributed by atoms with van der Waals surface area (Å²) >= 11 is 0. The predicted molar refractivity (Wildman–Crippen MR) is 50.0 cm³/mol. The van der Waals surface area contributed by atoms with Gasteiger partial charge in [0.05, 0.1) is 6.61 Å². The van der Waals surface area contributed by atoms with E-state index in [0.29, 0.717) is 6.42 Å². The molecule has 0 aromatic carbocycles. The largest absolute Gasteiger partial charge is 0.466 e. The van der Waals surface area contributed by atoms with Gasteiger partial charge in [-0.2, -0.15) is 0 Å². The van der Waals surface area contributed by atoms with E-state index in [1.807, 2.05) is 6.92 Å². The number of hydrogen-bond donors (Lipinski definition) is 0. The molecule has 0 fully saturated rings. The number of unbranched alkanes of at least 4 members (excludes halogenated alkanes) is 1. The second-order valence-corrected chi connectivity index (χ2v) is 2.34. The maximum atomic E-state index is 11.4. The normalized spacial score (nSPS) is 21.0. The van der Waals surface area contributed by atoms with Crippen LogP contribution in [0.15, 0.2) is 0 Å². The summed E-state index contributed by atoms with van der Waals surface area (Å²) in [7, 11) is 0. The maximum Gasteiger partial charge on any atom is 0.305 e. The molecule has 0 N–H and O–H groups in total. The van der Waals surface area contributed by atoms with Crippen molar-refractivity contribution in [2.75, 3.05) is 6.61 Å². The van der Waals surface area contributed by atoms with Crippen molar-refractivity contribution in [2.24, 2.45) is 0 Å². The Balaban J connectivity index is 4.81. The van der Waals surface area contributed by atoms with E-state index < -0.39 is 25.1 Å².